The van der Waals surface area contributed by atoms with E-state index in [0.717, 1.165) is 31.3 Å². The van der Waals surface area contributed by atoms with E-state index >= 15 is 0 Å². The number of hydrogen-bond acceptors (Lipinski definition) is 5. The fourth-order valence-corrected chi connectivity index (χ4v) is 2.62. The first-order valence-electron chi connectivity index (χ1n) is 6.53. The zero-order valence-corrected chi connectivity index (χ0v) is 10.3. The lowest BCUT2D eigenvalue weighted by atomic mass is 10.1. The van der Waals surface area contributed by atoms with Crippen molar-refractivity contribution in [2.75, 3.05) is 13.1 Å². The van der Waals surface area contributed by atoms with Crippen molar-refractivity contribution < 1.29 is 4.52 Å². The van der Waals surface area contributed by atoms with Crippen LogP contribution in [0.4, 0.5) is 0 Å². The highest BCUT2D eigenvalue weighted by Gasteiger charge is 2.32. The normalized spacial score (nSPS) is 30.0. The first kappa shape index (κ1) is 11.2. The molecule has 0 spiro atoms. The number of hydrogen-bond donors (Lipinski definition) is 1. The molecule has 2 N–H and O–H groups in total. The molecule has 5 heteroatoms. The standard InChI is InChI=1S/C12H20N4O/c1-8-4-9(5-13)6-16(8)7-11-14-12(17-15-11)10-2-3-10/h8-10H,2-7,13H2,1H3. The second-order valence-corrected chi connectivity index (χ2v) is 5.44. The first-order chi connectivity index (χ1) is 8.26. The molecule has 1 saturated heterocycles. The van der Waals surface area contributed by atoms with Crippen LogP contribution in [-0.2, 0) is 6.54 Å². The number of rotatable bonds is 4. The maximum Gasteiger partial charge on any atom is 0.229 e. The van der Waals surface area contributed by atoms with Crippen LogP contribution in [-0.4, -0.2) is 34.2 Å². The van der Waals surface area contributed by atoms with Crippen LogP contribution >= 0.6 is 0 Å². The summed E-state index contributed by atoms with van der Waals surface area (Å²) in [6.07, 6.45) is 3.60. The molecule has 1 aliphatic carbocycles. The summed E-state index contributed by atoms with van der Waals surface area (Å²) in [7, 11) is 0. The molecular formula is C12H20N4O. The Labute approximate surface area is 101 Å². The van der Waals surface area contributed by atoms with Gasteiger partial charge in [-0.3, -0.25) is 4.90 Å². The maximum absolute atomic E-state index is 5.73. The van der Waals surface area contributed by atoms with E-state index in [0.29, 0.717) is 17.9 Å². The van der Waals surface area contributed by atoms with Crippen molar-refractivity contribution >= 4 is 0 Å². The number of nitrogens with zero attached hydrogens (tertiary/aromatic N) is 3. The predicted octanol–water partition coefficient (Wildman–Crippen LogP) is 1.12. The molecule has 2 heterocycles. The molecule has 2 fully saturated rings. The zero-order chi connectivity index (χ0) is 11.8. The van der Waals surface area contributed by atoms with Crippen LogP contribution < -0.4 is 5.73 Å². The fourth-order valence-electron chi connectivity index (χ4n) is 2.62. The van der Waals surface area contributed by atoms with Crippen molar-refractivity contribution in [1.82, 2.24) is 15.0 Å². The molecule has 94 valence electrons. The van der Waals surface area contributed by atoms with Gasteiger partial charge in [0.25, 0.3) is 0 Å². The number of aromatic nitrogens is 2. The third kappa shape index (κ3) is 2.35. The minimum Gasteiger partial charge on any atom is -0.339 e. The van der Waals surface area contributed by atoms with Crippen LogP contribution in [0.25, 0.3) is 0 Å². The molecule has 1 aromatic heterocycles. The van der Waals surface area contributed by atoms with Gasteiger partial charge in [0.1, 0.15) is 0 Å². The van der Waals surface area contributed by atoms with Crippen molar-refractivity contribution in [3.63, 3.8) is 0 Å². The van der Waals surface area contributed by atoms with Crippen LogP contribution in [0, 0.1) is 5.92 Å². The van der Waals surface area contributed by atoms with Gasteiger partial charge in [-0.1, -0.05) is 5.16 Å². The topological polar surface area (TPSA) is 68.2 Å². The van der Waals surface area contributed by atoms with Crippen molar-refractivity contribution in [2.45, 2.75) is 44.7 Å². The largest absolute Gasteiger partial charge is 0.339 e. The van der Waals surface area contributed by atoms with E-state index in [1.807, 2.05) is 0 Å². The predicted molar refractivity (Wildman–Crippen MR) is 63.3 cm³/mol. The summed E-state index contributed by atoms with van der Waals surface area (Å²) in [6.45, 7) is 4.89. The van der Waals surface area contributed by atoms with Crippen LogP contribution in [0.2, 0.25) is 0 Å². The van der Waals surface area contributed by atoms with Gasteiger partial charge < -0.3 is 10.3 Å². The summed E-state index contributed by atoms with van der Waals surface area (Å²) in [4.78, 5) is 6.87. The van der Waals surface area contributed by atoms with E-state index < -0.39 is 0 Å². The molecule has 1 aliphatic heterocycles. The van der Waals surface area contributed by atoms with E-state index in [4.69, 9.17) is 10.3 Å². The Balaban J connectivity index is 1.61. The molecule has 0 aromatic carbocycles. The van der Waals surface area contributed by atoms with Gasteiger partial charge in [-0.05, 0) is 38.6 Å². The fraction of sp³-hybridized carbons (Fsp3) is 0.833. The third-order valence-corrected chi connectivity index (χ3v) is 3.88. The van der Waals surface area contributed by atoms with Crippen molar-refractivity contribution in [3.8, 4) is 0 Å². The Morgan fingerprint density at radius 1 is 1.47 bits per heavy atom. The molecular weight excluding hydrogens is 216 g/mol. The van der Waals surface area contributed by atoms with E-state index in [1.165, 1.54) is 19.3 Å². The van der Waals surface area contributed by atoms with Gasteiger partial charge in [0.2, 0.25) is 5.89 Å². The van der Waals surface area contributed by atoms with Crippen LogP contribution in [0.1, 0.15) is 43.8 Å². The summed E-state index contributed by atoms with van der Waals surface area (Å²) in [5, 5.41) is 4.07. The Morgan fingerprint density at radius 3 is 2.94 bits per heavy atom. The smallest absolute Gasteiger partial charge is 0.229 e. The Bertz CT molecular complexity index is 388. The van der Waals surface area contributed by atoms with Crippen LogP contribution in [0.3, 0.4) is 0 Å². The Kier molecular flexibility index (Phi) is 2.88. The van der Waals surface area contributed by atoms with Gasteiger partial charge in [0, 0.05) is 18.5 Å². The van der Waals surface area contributed by atoms with E-state index in [2.05, 4.69) is 22.0 Å². The summed E-state index contributed by atoms with van der Waals surface area (Å²) in [5.41, 5.74) is 5.73. The average molecular weight is 236 g/mol. The molecule has 2 atom stereocenters. The molecule has 0 bridgehead atoms. The van der Waals surface area contributed by atoms with Crippen LogP contribution in [0.15, 0.2) is 4.52 Å². The highest BCUT2D eigenvalue weighted by atomic mass is 16.5. The first-order valence-corrected chi connectivity index (χ1v) is 6.53. The van der Waals surface area contributed by atoms with Gasteiger partial charge >= 0.3 is 0 Å². The molecule has 3 rings (SSSR count). The Morgan fingerprint density at radius 2 is 2.29 bits per heavy atom. The highest BCUT2D eigenvalue weighted by Crippen LogP contribution is 2.39. The molecule has 17 heavy (non-hydrogen) atoms. The van der Waals surface area contributed by atoms with Gasteiger partial charge in [-0.2, -0.15) is 4.98 Å². The van der Waals surface area contributed by atoms with Crippen molar-refractivity contribution in [3.05, 3.63) is 11.7 Å². The van der Waals surface area contributed by atoms with Gasteiger partial charge in [0.15, 0.2) is 5.82 Å². The number of likely N-dealkylation sites (tertiary alicyclic amines) is 1. The maximum atomic E-state index is 5.73. The summed E-state index contributed by atoms with van der Waals surface area (Å²) >= 11 is 0. The average Bonchev–Trinajstić information content (AvgIpc) is 2.98. The van der Waals surface area contributed by atoms with E-state index in [-0.39, 0.29) is 0 Å². The SMILES string of the molecule is CC1CC(CN)CN1Cc1noc(C2CC2)n1. The molecule has 5 nitrogen and oxygen atoms in total. The molecule has 0 amide bonds. The molecule has 0 radical (unpaired) electrons. The monoisotopic (exact) mass is 236 g/mol. The summed E-state index contributed by atoms with van der Waals surface area (Å²) in [5.74, 6) is 2.84. The quantitative estimate of drug-likeness (QED) is 0.848. The van der Waals surface area contributed by atoms with E-state index in [1.54, 1.807) is 0 Å². The van der Waals surface area contributed by atoms with Crippen LogP contribution in [0.5, 0.6) is 0 Å². The van der Waals surface area contributed by atoms with Gasteiger partial charge in [-0.15, -0.1) is 0 Å². The van der Waals surface area contributed by atoms with Crippen molar-refractivity contribution in [2.24, 2.45) is 11.7 Å². The number of nitrogens with two attached hydrogens (primary N) is 1. The highest BCUT2D eigenvalue weighted by molar-refractivity contribution is 5.02. The lowest BCUT2D eigenvalue weighted by Crippen LogP contribution is -2.27. The second kappa shape index (κ2) is 4.38. The van der Waals surface area contributed by atoms with Gasteiger partial charge in [-0.25, -0.2) is 0 Å². The minimum absolute atomic E-state index is 0.545. The van der Waals surface area contributed by atoms with Crippen molar-refractivity contribution in [1.29, 1.82) is 0 Å². The molecule has 2 aliphatic rings. The molecule has 1 saturated carbocycles. The minimum atomic E-state index is 0.545. The Hall–Kier alpha value is -0.940. The summed E-state index contributed by atoms with van der Waals surface area (Å²) in [6, 6.07) is 0.575. The molecule has 1 aromatic rings. The van der Waals surface area contributed by atoms with Gasteiger partial charge in [0.05, 0.1) is 6.54 Å². The zero-order valence-electron chi connectivity index (χ0n) is 10.3. The third-order valence-electron chi connectivity index (χ3n) is 3.88. The summed E-state index contributed by atoms with van der Waals surface area (Å²) < 4.78 is 5.27. The lowest BCUT2D eigenvalue weighted by Gasteiger charge is -2.18. The molecule has 2 unspecified atom stereocenters. The van der Waals surface area contributed by atoms with E-state index in [9.17, 15) is 0 Å². The second-order valence-electron chi connectivity index (χ2n) is 5.44. The lowest BCUT2D eigenvalue weighted by molar-refractivity contribution is 0.245.